The molecule has 3 nitrogen and oxygen atoms in total. The Bertz CT molecular complexity index is 302. The Labute approximate surface area is 86.5 Å². The molecule has 0 aromatic carbocycles. The second-order valence-corrected chi connectivity index (χ2v) is 7.28. The van der Waals surface area contributed by atoms with Gasteiger partial charge in [-0.15, -0.1) is 0 Å². The Morgan fingerprint density at radius 3 is 2.14 bits per heavy atom. The fourth-order valence-electron chi connectivity index (χ4n) is 1.65. The third-order valence-electron chi connectivity index (χ3n) is 3.01. The molecule has 0 bridgehead atoms. The summed E-state index contributed by atoms with van der Waals surface area (Å²) in [6.07, 6.45) is 4.57. The van der Waals surface area contributed by atoms with E-state index in [1.807, 2.05) is 0 Å². The molecule has 0 N–H and O–H groups in total. The summed E-state index contributed by atoms with van der Waals surface area (Å²) < 4.78 is 25.8. The van der Waals surface area contributed by atoms with Crippen molar-refractivity contribution in [2.75, 3.05) is 6.54 Å². The highest BCUT2D eigenvalue weighted by molar-refractivity contribution is 7.89. The van der Waals surface area contributed by atoms with Crippen LogP contribution in [0, 0.1) is 5.92 Å². The molecule has 0 saturated heterocycles. The quantitative estimate of drug-likeness (QED) is 0.701. The van der Waals surface area contributed by atoms with Crippen LogP contribution in [0.1, 0.15) is 39.5 Å². The summed E-state index contributed by atoms with van der Waals surface area (Å²) in [5, 5.41) is -0.262. The molecular weight excluding hydrogens is 198 g/mol. The lowest BCUT2D eigenvalue weighted by Gasteiger charge is -2.23. The Balaban J connectivity index is 2.07. The summed E-state index contributed by atoms with van der Waals surface area (Å²) >= 11 is 0. The van der Waals surface area contributed by atoms with Crippen molar-refractivity contribution in [1.82, 2.24) is 4.31 Å². The fourth-order valence-corrected chi connectivity index (χ4v) is 3.24. The van der Waals surface area contributed by atoms with Crippen LogP contribution in [-0.2, 0) is 10.0 Å². The van der Waals surface area contributed by atoms with Crippen molar-refractivity contribution < 1.29 is 8.42 Å². The molecule has 0 radical (unpaired) electrons. The summed E-state index contributed by atoms with van der Waals surface area (Å²) in [6, 6.07) is 0.336. The van der Waals surface area contributed by atoms with Crippen LogP contribution in [0.25, 0.3) is 0 Å². The van der Waals surface area contributed by atoms with E-state index in [0.717, 1.165) is 19.4 Å². The molecule has 2 saturated carbocycles. The number of sulfonamides is 1. The fraction of sp³-hybridized carbons (Fsp3) is 1.00. The van der Waals surface area contributed by atoms with Gasteiger partial charge in [0.1, 0.15) is 0 Å². The van der Waals surface area contributed by atoms with Gasteiger partial charge in [0.25, 0.3) is 0 Å². The molecule has 0 spiro atoms. The van der Waals surface area contributed by atoms with Crippen molar-refractivity contribution in [3.8, 4) is 0 Å². The first-order valence-electron chi connectivity index (χ1n) is 5.52. The van der Waals surface area contributed by atoms with Gasteiger partial charge in [0.15, 0.2) is 0 Å². The van der Waals surface area contributed by atoms with Crippen LogP contribution in [0.5, 0.6) is 0 Å². The molecule has 0 aromatic heterocycles. The third-order valence-corrected chi connectivity index (χ3v) is 5.30. The standard InChI is InChI=1S/C10H19NO2S/c1-8(2)14(12,13)11(10-5-6-10)7-9-3-4-9/h8-10H,3-7H2,1-2H3. The first kappa shape index (κ1) is 10.4. The van der Waals surface area contributed by atoms with Crippen molar-refractivity contribution in [3.05, 3.63) is 0 Å². The van der Waals surface area contributed by atoms with E-state index in [1.54, 1.807) is 18.2 Å². The van der Waals surface area contributed by atoms with Crippen LogP contribution in [0.15, 0.2) is 0 Å². The predicted octanol–water partition coefficient (Wildman–Crippen LogP) is 1.60. The van der Waals surface area contributed by atoms with Crippen molar-refractivity contribution in [2.24, 2.45) is 5.92 Å². The molecule has 2 fully saturated rings. The second kappa shape index (κ2) is 3.49. The highest BCUT2D eigenvalue weighted by atomic mass is 32.2. The smallest absolute Gasteiger partial charge is 0.212 e. The minimum atomic E-state index is -3.00. The summed E-state index contributed by atoms with van der Waals surface area (Å²) in [4.78, 5) is 0. The van der Waals surface area contributed by atoms with Crippen LogP contribution in [0.4, 0.5) is 0 Å². The minimum absolute atomic E-state index is 0.262. The maximum absolute atomic E-state index is 12.0. The van der Waals surface area contributed by atoms with E-state index in [0.29, 0.717) is 12.0 Å². The summed E-state index contributed by atoms with van der Waals surface area (Å²) in [7, 11) is -3.00. The van der Waals surface area contributed by atoms with Gasteiger partial charge in [-0.1, -0.05) is 0 Å². The third kappa shape index (κ3) is 2.11. The highest BCUT2D eigenvalue weighted by Crippen LogP contribution is 2.37. The van der Waals surface area contributed by atoms with Gasteiger partial charge in [-0.2, -0.15) is 4.31 Å². The van der Waals surface area contributed by atoms with Gasteiger partial charge in [0, 0.05) is 12.6 Å². The average molecular weight is 217 g/mol. The lowest BCUT2D eigenvalue weighted by Crippen LogP contribution is -2.39. The van der Waals surface area contributed by atoms with Gasteiger partial charge >= 0.3 is 0 Å². The molecule has 14 heavy (non-hydrogen) atoms. The molecule has 0 unspecified atom stereocenters. The van der Waals surface area contributed by atoms with E-state index in [1.165, 1.54) is 12.8 Å². The van der Waals surface area contributed by atoms with E-state index in [9.17, 15) is 8.42 Å². The lowest BCUT2D eigenvalue weighted by molar-refractivity contribution is 0.384. The van der Waals surface area contributed by atoms with Crippen LogP contribution in [0.3, 0.4) is 0 Å². The van der Waals surface area contributed by atoms with Crippen LogP contribution in [-0.4, -0.2) is 30.6 Å². The highest BCUT2D eigenvalue weighted by Gasteiger charge is 2.41. The molecule has 0 aliphatic heterocycles. The lowest BCUT2D eigenvalue weighted by atomic mass is 10.4. The zero-order chi connectivity index (χ0) is 10.3. The predicted molar refractivity (Wildman–Crippen MR) is 56.5 cm³/mol. The van der Waals surface area contributed by atoms with E-state index in [4.69, 9.17) is 0 Å². The van der Waals surface area contributed by atoms with Crippen LogP contribution in [0.2, 0.25) is 0 Å². The zero-order valence-corrected chi connectivity index (χ0v) is 9.76. The van der Waals surface area contributed by atoms with Gasteiger partial charge in [0.2, 0.25) is 10.0 Å². The van der Waals surface area contributed by atoms with Crippen molar-refractivity contribution in [3.63, 3.8) is 0 Å². The Morgan fingerprint density at radius 2 is 1.79 bits per heavy atom. The van der Waals surface area contributed by atoms with Crippen LogP contribution < -0.4 is 0 Å². The van der Waals surface area contributed by atoms with Gasteiger partial charge in [-0.3, -0.25) is 0 Å². The van der Waals surface area contributed by atoms with Gasteiger partial charge in [0.05, 0.1) is 5.25 Å². The first-order valence-corrected chi connectivity index (χ1v) is 7.03. The largest absolute Gasteiger partial charge is 0.216 e. The molecule has 2 aliphatic rings. The normalized spacial score (nSPS) is 23.4. The summed E-state index contributed by atoms with van der Waals surface area (Å²) in [6.45, 7) is 4.33. The van der Waals surface area contributed by atoms with E-state index >= 15 is 0 Å². The Hall–Kier alpha value is -0.0900. The molecule has 0 atom stereocenters. The van der Waals surface area contributed by atoms with Crippen molar-refractivity contribution in [1.29, 1.82) is 0 Å². The van der Waals surface area contributed by atoms with Gasteiger partial charge < -0.3 is 0 Å². The number of nitrogens with zero attached hydrogens (tertiary/aromatic N) is 1. The number of hydrogen-bond acceptors (Lipinski definition) is 2. The topological polar surface area (TPSA) is 37.4 Å². The summed E-state index contributed by atoms with van der Waals surface area (Å²) in [5.41, 5.74) is 0. The van der Waals surface area contributed by atoms with Crippen LogP contribution >= 0.6 is 0 Å². The maximum atomic E-state index is 12.0. The van der Waals surface area contributed by atoms with E-state index in [-0.39, 0.29) is 5.25 Å². The SMILES string of the molecule is CC(C)S(=O)(=O)N(CC1CC1)C1CC1. The molecule has 2 rings (SSSR count). The molecule has 2 aliphatic carbocycles. The summed E-state index contributed by atoms with van der Waals surface area (Å²) in [5.74, 6) is 0.657. The first-order chi connectivity index (χ1) is 6.51. The van der Waals surface area contributed by atoms with Crippen molar-refractivity contribution in [2.45, 2.75) is 50.8 Å². The molecule has 0 aromatic rings. The molecular formula is C10H19NO2S. The van der Waals surface area contributed by atoms with Crippen molar-refractivity contribution >= 4 is 10.0 Å². The monoisotopic (exact) mass is 217 g/mol. The maximum Gasteiger partial charge on any atom is 0.216 e. The minimum Gasteiger partial charge on any atom is -0.212 e. The molecule has 0 amide bonds. The average Bonchev–Trinajstić information content (AvgIpc) is 2.94. The van der Waals surface area contributed by atoms with Gasteiger partial charge in [-0.05, 0) is 45.4 Å². The molecule has 0 heterocycles. The number of hydrogen-bond donors (Lipinski definition) is 0. The van der Waals surface area contributed by atoms with Gasteiger partial charge in [-0.25, -0.2) is 8.42 Å². The molecule has 82 valence electrons. The number of rotatable bonds is 5. The Morgan fingerprint density at radius 1 is 1.21 bits per heavy atom. The van der Waals surface area contributed by atoms with E-state index < -0.39 is 10.0 Å². The zero-order valence-electron chi connectivity index (χ0n) is 8.94. The molecule has 4 heteroatoms. The van der Waals surface area contributed by atoms with E-state index in [2.05, 4.69) is 0 Å². The second-order valence-electron chi connectivity index (χ2n) is 4.84. The Kier molecular flexibility index (Phi) is 2.60.